The molecular formula is C12H16N4O2S2. The van der Waals surface area contributed by atoms with Gasteiger partial charge in [-0.15, -0.1) is 11.3 Å². The van der Waals surface area contributed by atoms with Crippen LogP contribution in [0.4, 0.5) is 0 Å². The SMILES string of the molecule is Cc1c(S(=O)(=O)NCc2csc(C3CC3)n2)cnn1C. The quantitative estimate of drug-likeness (QED) is 0.908. The largest absolute Gasteiger partial charge is 0.272 e. The van der Waals surface area contributed by atoms with Crippen LogP contribution in [0, 0.1) is 6.92 Å². The zero-order valence-corrected chi connectivity index (χ0v) is 13.0. The summed E-state index contributed by atoms with van der Waals surface area (Å²) in [4.78, 5) is 4.69. The summed E-state index contributed by atoms with van der Waals surface area (Å²) in [5.74, 6) is 0.603. The van der Waals surface area contributed by atoms with Crippen LogP contribution in [0.2, 0.25) is 0 Å². The van der Waals surface area contributed by atoms with Gasteiger partial charge in [-0.1, -0.05) is 0 Å². The molecule has 20 heavy (non-hydrogen) atoms. The van der Waals surface area contributed by atoms with Gasteiger partial charge >= 0.3 is 0 Å². The molecule has 0 radical (unpaired) electrons. The number of rotatable bonds is 5. The first-order valence-electron chi connectivity index (χ1n) is 6.40. The minimum atomic E-state index is -3.53. The number of sulfonamides is 1. The predicted molar refractivity (Wildman–Crippen MR) is 76.1 cm³/mol. The van der Waals surface area contributed by atoms with Crippen LogP contribution in [0.25, 0.3) is 0 Å². The third-order valence-corrected chi connectivity index (χ3v) is 5.98. The van der Waals surface area contributed by atoms with Gasteiger partial charge in [0, 0.05) is 18.3 Å². The van der Waals surface area contributed by atoms with Gasteiger partial charge in [0.1, 0.15) is 4.90 Å². The summed E-state index contributed by atoms with van der Waals surface area (Å²) < 4.78 is 28.5. The van der Waals surface area contributed by atoms with Crippen molar-refractivity contribution in [3.05, 3.63) is 28.0 Å². The molecule has 6 nitrogen and oxygen atoms in total. The van der Waals surface area contributed by atoms with E-state index in [4.69, 9.17) is 0 Å². The average Bonchev–Trinajstić information content (AvgIpc) is 3.05. The van der Waals surface area contributed by atoms with E-state index in [9.17, 15) is 8.42 Å². The first-order valence-corrected chi connectivity index (χ1v) is 8.76. The highest BCUT2D eigenvalue weighted by molar-refractivity contribution is 7.89. The molecule has 0 amide bonds. The Morgan fingerprint density at radius 1 is 1.50 bits per heavy atom. The summed E-state index contributed by atoms with van der Waals surface area (Å²) >= 11 is 1.61. The molecule has 1 saturated carbocycles. The van der Waals surface area contributed by atoms with Crippen LogP contribution in [-0.2, 0) is 23.6 Å². The molecule has 1 aliphatic carbocycles. The van der Waals surface area contributed by atoms with Crippen molar-refractivity contribution in [1.29, 1.82) is 0 Å². The standard InChI is InChI=1S/C12H16N4O2S2/c1-8-11(6-13-16(8)2)20(17,18)14-5-10-7-19-12(15-10)9-3-4-9/h6-7,9,14H,3-5H2,1-2H3. The van der Waals surface area contributed by atoms with E-state index in [0.717, 1.165) is 10.7 Å². The van der Waals surface area contributed by atoms with Gasteiger partial charge in [-0.25, -0.2) is 18.1 Å². The summed E-state index contributed by atoms with van der Waals surface area (Å²) in [7, 11) is -1.81. The summed E-state index contributed by atoms with van der Waals surface area (Å²) in [5.41, 5.74) is 1.40. The van der Waals surface area contributed by atoms with Crippen LogP contribution >= 0.6 is 11.3 Å². The van der Waals surface area contributed by atoms with Gasteiger partial charge < -0.3 is 0 Å². The Labute approximate surface area is 121 Å². The second kappa shape index (κ2) is 4.94. The summed E-state index contributed by atoms with van der Waals surface area (Å²) in [6.45, 7) is 1.95. The maximum absolute atomic E-state index is 12.2. The first-order chi connectivity index (χ1) is 9.47. The maximum atomic E-state index is 12.2. The highest BCUT2D eigenvalue weighted by atomic mass is 32.2. The summed E-state index contributed by atoms with van der Waals surface area (Å²) in [6, 6.07) is 0. The minimum absolute atomic E-state index is 0.220. The number of thiazole rings is 1. The number of hydrogen-bond donors (Lipinski definition) is 1. The topological polar surface area (TPSA) is 76.9 Å². The third kappa shape index (κ3) is 2.63. The monoisotopic (exact) mass is 312 g/mol. The molecule has 0 aliphatic heterocycles. The molecule has 0 saturated heterocycles. The van der Waals surface area contributed by atoms with Crippen LogP contribution in [0.15, 0.2) is 16.5 Å². The van der Waals surface area contributed by atoms with Gasteiger partial charge in [-0.05, 0) is 19.8 Å². The van der Waals surface area contributed by atoms with Gasteiger partial charge in [0.25, 0.3) is 0 Å². The predicted octanol–water partition coefficient (Wildman–Crippen LogP) is 1.54. The lowest BCUT2D eigenvalue weighted by molar-refractivity contribution is 0.579. The molecule has 0 atom stereocenters. The van der Waals surface area contributed by atoms with Crippen LogP contribution in [-0.4, -0.2) is 23.2 Å². The van der Waals surface area contributed by atoms with Gasteiger partial charge in [-0.2, -0.15) is 5.10 Å². The van der Waals surface area contributed by atoms with Crippen molar-refractivity contribution in [2.24, 2.45) is 7.05 Å². The van der Waals surface area contributed by atoms with Crippen LogP contribution < -0.4 is 4.72 Å². The highest BCUT2D eigenvalue weighted by Gasteiger charge is 2.27. The van der Waals surface area contributed by atoms with E-state index in [0.29, 0.717) is 11.6 Å². The summed E-state index contributed by atoms with van der Waals surface area (Å²) in [6.07, 6.45) is 3.77. The van der Waals surface area contributed by atoms with E-state index < -0.39 is 10.0 Å². The Hall–Kier alpha value is -1.25. The number of nitrogens with one attached hydrogen (secondary N) is 1. The lowest BCUT2D eigenvalue weighted by Crippen LogP contribution is -2.23. The zero-order chi connectivity index (χ0) is 14.3. The normalized spacial score (nSPS) is 15.7. The smallest absolute Gasteiger partial charge is 0.244 e. The molecule has 3 rings (SSSR count). The average molecular weight is 312 g/mol. The molecular weight excluding hydrogens is 296 g/mol. The Bertz CT molecular complexity index is 728. The van der Waals surface area contributed by atoms with Gasteiger partial charge in [-0.3, -0.25) is 4.68 Å². The number of nitrogens with zero attached hydrogens (tertiary/aromatic N) is 3. The van der Waals surface area contributed by atoms with Crippen molar-refractivity contribution in [2.45, 2.75) is 37.1 Å². The van der Waals surface area contributed by atoms with Crippen LogP contribution in [0.5, 0.6) is 0 Å². The van der Waals surface area contributed by atoms with E-state index in [1.165, 1.54) is 19.0 Å². The molecule has 1 fully saturated rings. The molecule has 2 aromatic rings. The van der Waals surface area contributed by atoms with Gasteiger partial charge in [0.2, 0.25) is 10.0 Å². The Morgan fingerprint density at radius 3 is 2.85 bits per heavy atom. The number of aryl methyl sites for hydroxylation is 1. The molecule has 0 bridgehead atoms. The fraction of sp³-hybridized carbons (Fsp3) is 0.500. The van der Waals surface area contributed by atoms with Crippen molar-refractivity contribution in [3.63, 3.8) is 0 Å². The molecule has 0 aromatic carbocycles. The van der Waals surface area contributed by atoms with Crippen molar-refractivity contribution in [1.82, 2.24) is 19.5 Å². The molecule has 1 aliphatic rings. The van der Waals surface area contributed by atoms with Crippen molar-refractivity contribution >= 4 is 21.4 Å². The zero-order valence-electron chi connectivity index (χ0n) is 11.3. The van der Waals surface area contributed by atoms with E-state index in [-0.39, 0.29) is 11.4 Å². The maximum Gasteiger partial charge on any atom is 0.244 e. The second-order valence-electron chi connectivity index (χ2n) is 4.99. The highest BCUT2D eigenvalue weighted by Crippen LogP contribution is 2.41. The van der Waals surface area contributed by atoms with Crippen molar-refractivity contribution < 1.29 is 8.42 Å². The molecule has 2 heterocycles. The van der Waals surface area contributed by atoms with E-state index >= 15 is 0 Å². The lowest BCUT2D eigenvalue weighted by atomic mass is 10.4. The van der Waals surface area contributed by atoms with Crippen LogP contribution in [0.1, 0.15) is 35.2 Å². The van der Waals surface area contributed by atoms with Gasteiger partial charge in [0.15, 0.2) is 0 Å². The Morgan fingerprint density at radius 2 is 2.25 bits per heavy atom. The molecule has 1 N–H and O–H groups in total. The molecule has 0 unspecified atom stereocenters. The molecule has 8 heteroatoms. The third-order valence-electron chi connectivity index (χ3n) is 3.42. The second-order valence-corrected chi connectivity index (χ2v) is 7.62. The van der Waals surface area contributed by atoms with Crippen molar-refractivity contribution in [3.8, 4) is 0 Å². The van der Waals surface area contributed by atoms with Crippen LogP contribution in [0.3, 0.4) is 0 Å². The molecule has 0 spiro atoms. The lowest BCUT2D eigenvalue weighted by Gasteiger charge is -2.04. The first kappa shape index (κ1) is 13.7. The number of aromatic nitrogens is 3. The fourth-order valence-corrected chi connectivity index (χ4v) is 4.10. The van der Waals surface area contributed by atoms with E-state index in [1.807, 2.05) is 5.38 Å². The fourth-order valence-electron chi connectivity index (χ4n) is 1.91. The molecule has 2 aromatic heterocycles. The van der Waals surface area contributed by atoms with E-state index in [2.05, 4.69) is 14.8 Å². The minimum Gasteiger partial charge on any atom is -0.272 e. The van der Waals surface area contributed by atoms with Crippen molar-refractivity contribution in [2.75, 3.05) is 0 Å². The Kier molecular flexibility index (Phi) is 3.39. The Balaban J connectivity index is 1.71. The summed E-state index contributed by atoms with van der Waals surface area (Å²) in [5, 5.41) is 7.00. The molecule has 108 valence electrons. The number of hydrogen-bond acceptors (Lipinski definition) is 5. The van der Waals surface area contributed by atoms with E-state index in [1.54, 1.807) is 30.0 Å². The van der Waals surface area contributed by atoms with Gasteiger partial charge in [0.05, 0.1) is 29.1 Å².